The number of hydrogen-bond acceptors (Lipinski definition) is 8. The van der Waals surface area contributed by atoms with Crippen LogP contribution in [0.4, 0.5) is 5.69 Å². The van der Waals surface area contributed by atoms with Crippen molar-refractivity contribution in [2.24, 2.45) is 29.6 Å². The number of benzene rings is 1. The largest absolute Gasteiger partial charge is 0.462 e. The number of aromatic nitrogens is 1. The fourth-order valence-electron chi connectivity index (χ4n) is 7.12. The second-order valence-corrected chi connectivity index (χ2v) is 12.9. The number of likely N-dealkylation sites (tertiary alicyclic amines) is 1. The van der Waals surface area contributed by atoms with Crippen LogP contribution in [0.2, 0.25) is 0 Å². The van der Waals surface area contributed by atoms with Gasteiger partial charge in [0.1, 0.15) is 6.54 Å². The minimum absolute atomic E-state index is 0.0424. The number of carbonyl (C=O) groups is 4. The molecule has 1 aromatic heterocycles. The zero-order valence-corrected chi connectivity index (χ0v) is 22.2. The molecule has 9 nitrogen and oxygen atoms in total. The van der Waals surface area contributed by atoms with Gasteiger partial charge in [-0.05, 0) is 55.4 Å². The number of aromatic amines is 1. The zero-order valence-electron chi connectivity index (χ0n) is 20.6. The highest BCUT2D eigenvalue weighted by Crippen LogP contribution is 2.68. The van der Waals surface area contributed by atoms with Gasteiger partial charge in [-0.25, -0.2) is 4.79 Å². The third kappa shape index (κ3) is 3.61. The Morgan fingerprint density at radius 2 is 1.78 bits per heavy atom. The summed E-state index contributed by atoms with van der Waals surface area (Å²) in [7, 11) is 0. The van der Waals surface area contributed by atoms with E-state index < -0.39 is 23.7 Å². The Kier molecular flexibility index (Phi) is 5.65. The average Bonchev–Trinajstić information content (AvgIpc) is 3.58. The molecule has 37 heavy (non-hydrogen) atoms. The second-order valence-electron chi connectivity index (χ2n) is 10.7. The summed E-state index contributed by atoms with van der Waals surface area (Å²) in [5, 5.41) is 3.77. The van der Waals surface area contributed by atoms with Crippen LogP contribution in [0.5, 0.6) is 0 Å². The third-order valence-corrected chi connectivity index (χ3v) is 11.3. The van der Waals surface area contributed by atoms with Crippen LogP contribution in [-0.2, 0) is 24.5 Å². The number of esters is 1. The van der Waals surface area contributed by atoms with E-state index in [0.29, 0.717) is 11.3 Å². The van der Waals surface area contributed by atoms with Crippen molar-refractivity contribution in [2.75, 3.05) is 18.5 Å². The summed E-state index contributed by atoms with van der Waals surface area (Å²) in [5.41, 5.74) is 0.555. The summed E-state index contributed by atoms with van der Waals surface area (Å²) in [4.78, 5) is 68.7. The second kappa shape index (κ2) is 8.56. The molecule has 2 N–H and O–H groups in total. The fourth-order valence-corrected chi connectivity index (χ4v) is 10.3. The number of anilines is 1. The van der Waals surface area contributed by atoms with Crippen LogP contribution >= 0.6 is 23.1 Å². The van der Waals surface area contributed by atoms with Crippen molar-refractivity contribution in [3.8, 4) is 0 Å². The lowest BCUT2D eigenvalue weighted by molar-refractivity contribution is -0.143. The van der Waals surface area contributed by atoms with Crippen LogP contribution in [0.3, 0.4) is 0 Å². The van der Waals surface area contributed by atoms with E-state index in [1.165, 1.54) is 11.3 Å². The van der Waals surface area contributed by atoms with E-state index in [0.717, 1.165) is 21.2 Å². The van der Waals surface area contributed by atoms with Gasteiger partial charge in [-0.3, -0.25) is 24.1 Å². The molecular weight excluding hydrogens is 514 g/mol. The summed E-state index contributed by atoms with van der Waals surface area (Å²) < 4.78 is 4.96. The van der Waals surface area contributed by atoms with E-state index in [-0.39, 0.29) is 58.3 Å². The Labute approximate surface area is 221 Å². The van der Waals surface area contributed by atoms with Gasteiger partial charge in [0.05, 0.1) is 29.0 Å². The molecule has 4 aliphatic rings. The van der Waals surface area contributed by atoms with Crippen molar-refractivity contribution >= 4 is 52.5 Å². The van der Waals surface area contributed by atoms with Crippen LogP contribution in [0.25, 0.3) is 0 Å². The minimum atomic E-state index is -0.468. The highest BCUT2D eigenvalue weighted by molar-refractivity contribution is 8.00. The first-order valence-electron chi connectivity index (χ1n) is 12.4. The van der Waals surface area contributed by atoms with Crippen LogP contribution in [-0.4, -0.2) is 52.0 Å². The van der Waals surface area contributed by atoms with Crippen molar-refractivity contribution in [1.29, 1.82) is 0 Å². The lowest BCUT2D eigenvalue weighted by Gasteiger charge is -2.47. The van der Waals surface area contributed by atoms with E-state index in [9.17, 15) is 24.0 Å². The molecule has 6 atom stereocenters. The first-order chi connectivity index (χ1) is 17.6. The number of fused-ring (bicyclic) bond motifs is 9. The van der Waals surface area contributed by atoms with Crippen molar-refractivity contribution in [1.82, 2.24) is 9.88 Å². The molecule has 6 rings (SSSR count). The van der Waals surface area contributed by atoms with Gasteiger partial charge >= 0.3 is 10.8 Å². The summed E-state index contributed by atoms with van der Waals surface area (Å²) >= 11 is 2.89. The number of rotatable bonds is 5. The van der Waals surface area contributed by atoms with Crippen molar-refractivity contribution in [3.05, 3.63) is 44.4 Å². The maximum Gasteiger partial charge on any atom is 0.338 e. The monoisotopic (exact) mass is 541 g/mol. The normalized spacial score (nSPS) is 30.6. The van der Waals surface area contributed by atoms with Gasteiger partial charge in [0.2, 0.25) is 17.7 Å². The standard InChI is InChI=1S/C26H27N3O6S2/c1-4-35-24(33)11-5-7-12(8-6-11)27-15(30)10-29-22(31)16-13-9-14(17(16)23(29)32)19-18(13)26(2,3)20-21(36-19)28-25(34)37-20/h5-8,13-14,16-19H,4,9-10H2,1-3H3,(H,27,30)(H,28,34)/t13-,14+,16-,17+,18+,19+/m0/s1. The highest BCUT2D eigenvalue weighted by atomic mass is 32.2. The number of nitrogens with zero attached hydrogens (tertiary/aromatic N) is 1. The molecular formula is C26H27N3O6S2. The molecule has 1 aromatic carbocycles. The number of carbonyl (C=O) groups excluding carboxylic acids is 4. The van der Waals surface area contributed by atoms with Gasteiger partial charge in [-0.1, -0.05) is 25.2 Å². The summed E-state index contributed by atoms with van der Waals surface area (Å²) in [6.45, 7) is 5.94. The first kappa shape index (κ1) is 24.4. The molecule has 0 unspecified atom stereocenters. The third-order valence-electron chi connectivity index (χ3n) is 8.46. The Bertz CT molecular complexity index is 1380. The van der Waals surface area contributed by atoms with Gasteiger partial charge < -0.3 is 15.0 Å². The molecule has 194 valence electrons. The SMILES string of the molecule is CCOC(=O)c1ccc(NC(=O)CN2C(=O)[C@@H]3[C@H]4C[C@@H]([C@@H]3C2=O)[C@@H]2[C@@H]4Sc3[nH]c(=O)sc3C2(C)C)cc1. The number of thioether (sulfide) groups is 1. The molecule has 2 saturated carbocycles. The molecule has 3 heterocycles. The Morgan fingerprint density at radius 1 is 1.11 bits per heavy atom. The highest BCUT2D eigenvalue weighted by Gasteiger charge is 2.70. The molecule has 11 heteroatoms. The fraction of sp³-hybridized carbons (Fsp3) is 0.500. The first-order valence-corrected chi connectivity index (χ1v) is 14.1. The molecule has 1 saturated heterocycles. The van der Waals surface area contributed by atoms with Crippen LogP contribution in [0.1, 0.15) is 42.4 Å². The van der Waals surface area contributed by atoms with Crippen molar-refractivity contribution in [3.63, 3.8) is 0 Å². The Hall–Kier alpha value is -2.92. The quantitative estimate of drug-likeness (QED) is 0.440. The number of nitrogens with one attached hydrogen (secondary N) is 2. The number of H-pyrrole nitrogens is 1. The predicted molar refractivity (Wildman–Crippen MR) is 137 cm³/mol. The summed E-state index contributed by atoms with van der Waals surface area (Å²) in [6, 6.07) is 6.27. The van der Waals surface area contributed by atoms with Crippen LogP contribution < -0.4 is 10.2 Å². The molecule has 3 fully saturated rings. The zero-order chi connectivity index (χ0) is 26.2. The minimum Gasteiger partial charge on any atom is -0.462 e. The van der Waals surface area contributed by atoms with Gasteiger partial charge in [-0.2, -0.15) is 0 Å². The summed E-state index contributed by atoms with van der Waals surface area (Å²) in [6.07, 6.45) is 0.824. The smallest absolute Gasteiger partial charge is 0.338 e. The number of hydrogen-bond donors (Lipinski definition) is 2. The molecule has 3 amide bonds. The average molecular weight is 542 g/mol. The predicted octanol–water partition coefficient (Wildman–Crippen LogP) is 2.87. The molecule has 0 spiro atoms. The van der Waals surface area contributed by atoms with E-state index >= 15 is 0 Å². The van der Waals surface area contributed by atoms with Gasteiger partial charge in [0.15, 0.2) is 0 Å². The number of thiazole rings is 1. The van der Waals surface area contributed by atoms with Crippen molar-refractivity contribution < 1.29 is 23.9 Å². The topological polar surface area (TPSA) is 126 Å². The van der Waals surface area contributed by atoms with E-state index in [4.69, 9.17) is 4.74 Å². The maximum absolute atomic E-state index is 13.5. The van der Waals surface area contributed by atoms with E-state index in [1.54, 1.807) is 43.0 Å². The number of amides is 3. The molecule has 0 radical (unpaired) electrons. The Balaban J connectivity index is 1.18. The van der Waals surface area contributed by atoms with Gasteiger partial charge in [-0.15, -0.1) is 11.8 Å². The summed E-state index contributed by atoms with van der Waals surface area (Å²) in [5.74, 6) is -1.99. The number of ether oxygens (including phenoxy) is 1. The molecule has 2 aliphatic carbocycles. The van der Waals surface area contributed by atoms with Crippen LogP contribution in [0.15, 0.2) is 34.1 Å². The lowest BCUT2D eigenvalue weighted by Crippen LogP contribution is -2.48. The van der Waals surface area contributed by atoms with E-state index in [1.807, 2.05) is 0 Å². The van der Waals surface area contributed by atoms with Crippen LogP contribution in [0, 0.1) is 29.6 Å². The van der Waals surface area contributed by atoms with Gasteiger partial charge in [0, 0.05) is 21.2 Å². The molecule has 2 bridgehead atoms. The Morgan fingerprint density at radius 3 is 2.46 bits per heavy atom. The maximum atomic E-state index is 13.5. The van der Waals surface area contributed by atoms with Crippen molar-refractivity contribution in [2.45, 2.75) is 42.9 Å². The molecule has 2 aromatic rings. The van der Waals surface area contributed by atoms with E-state index in [2.05, 4.69) is 24.1 Å². The van der Waals surface area contributed by atoms with Gasteiger partial charge in [0.25, 0.3) is 0 Å². The number of imide groups is 1. The molecule has 2 aliphatic heterocycles. The lowest BCUT2D eigenvalue weighted by atomic mass is 9.64.